The molecular weight excluding hydrogens is 474 g/mol. The third kappa shape index (κ3) is 14.8. The maximum absolute atomic E-state index is 12.7. The van der Waals surface area contributed by atoms with Gasteiger partial charge in [0, 0.05) is 6.54 Å². The van der Waals surface area contributed by atoms with Crippen LogP contribution in [0.3, 0.4) is 0 Å². The van der Waals surface area contributed by atoms with Crippen LogP contribution in [-0.2, 0) is 37.6 Å². The third-order valence-corrected chi connectivity index (χ3v) is 4.24. The van der Waals surface area contributed by atoms with E-state index in [0.717, 1.165) is 0 Å². The average Bonchev–Trinajstić information content (AvgIpc) is 3.13. The predicted octanol–water partition coefficient (Wildman–Crippen LogP) is -1.24. The Hall–Kier alpha value is -3.33. The van der Waals surface area contributed by atoms with Crippen LogP contribution in [0.5, 0.6) is 0 Å². The molecule has 0 aliphatic heterocycles. The molecule has 0 aromatic carbocycles. The number of quaternary nitrogens is 1. The molecule has 4 N–H and O–H groups in total. The van der Waals surface area contributed by atoms with Crippen LogP contribution in [0.2, 0.25) is 0 Å². The number of nitrogens with zero attached hydrogens (tertiary/aromatic N) is 5. The van der Waals surface area contributed by atoms with E-state index < -0.39 is 23.6 Å². The highest BCUT2D eigenvalue weighted by atomic mass is 16.7. The highest BCUT2D eigenvalue weighted by Crippen LogP contribution is 2.06. The van der Waals surface area contributed by atoms with E-state index in [0.29, 0.717) is 36.1 Å². The van der Waals surface area contributed by atoms with Crippen molar-refractivity contribution >= 4 is 23.8 Å². The van der Waals surface area contributed by atoms with E-state index in [4.69, 9.17) is 9.57 Å². The van der Waals surface area contributed by atoms with Crippen molar-refractivity contribution in [1.29, 1.82) is 0 Å². The number of aromatic nitrogens is 4. The number of likely N-dealkylation sites (N-methyl/N-ethyl adjacent to an activating group) is 1. The van der Waals surface area contributed by atoms with Gasteiger partial charge in [0.1, 0.15) is 11.6 Å². The van der Waals surface area contributed by atoms with Crippen LogP contribution in [0.4, 0.5) is 4.79 Å². The van der Waals surface area contributed by atoms with Crippen molar-refractivity contribution in [2.75, 3.05) is 40.8 Å². The largest absolute Gasteiger partial charge is 0.442 e. The molecule has 0 spiro atoms. The second-order valence-electron chi connectivity index (χ2n) is 10.2. The van der Waals surface area contributed by atoms with E-state index in [1.807, 2.05) is 26.6 Å². The van der Waals surface area contributed by atoms with Gasteiger partial charge in [0.2, 0.25) is 11.8 Å². The van der Waals surface area contributed by atoms with Crippen molar-refractivity contribution in [3.63, 3.8) is 0 Å². The molecular formula is C21H40N9O6+. The maximum Gasteiger partial charge on any atom is 0.431 e. The maximum atomic E-state index is 12.7. The molecule has 4 amide bonds. The summed E-state index contributed by atoms with van der Waals surface area (Å²) in [5.41, 5.74) is 1.36. The molecule has 1 heterocycles. The van der Waals surface area contributed by atoms with Crippen molar-refractivity contribution in [3.05, 3.63) is 5.82 Å². The first-order valence-corrected chi connectivity index (χ1v) is 11.6. The van der Waals surface area contributed by atoms with Crippen molar-refractivity contribution in [2.24, 2.45) is 7.05 Å². The lowest BCUT2D eigenvalue weighted by Gasteiger charge is -2.25. The Morgan fingerprint density at radius 2 is 1.75 bits per heavy atom. The molecule has 0 bridgehead atoms. The number of hydroxylamine groups is 1. The summed E-state index contributed by atoms with van der Waals surface area (Å²) in [5.74, 6) is -0.674. The van der Waals surface area contributed by atoms with E-state index in [2.05, 4.69) is 31.4 Å². The van der Waals surface area contributed by atoms with Gasteiger partial charge in [0.25, 0.3) is 5.91 Å². The van der Waals surface area contributed by atoms with E-state index in [-0.39, 0.29) is 31.5 Å². The summed E-state index contributed by atoms with van der Waals surface area (Å²) < 4.78 is 5.41. The number of nitrogens with one attached hydrogen (secondary N) is 4. The molecule has 0 saturated carbocycles. The monoisotopic (exact) mass is 514 g/mol. The van der Waals surface area contributed by atoms with Crippen LogP contribution in [0.25, 0.3) is 0 Å². The molecule has 0 aliphatic carbocycles. The quantitative estimate of drug-likeness (QED) is 0.134. The number of rotatable bonds is 14. The SMILES string of the molecule is Cn1nnc(CNC(=O)[C@H](CCCCNC(=O)CONC(=O)OC(C)(C)C)NC(=O)C[N+](C)(C)C)n1. The van der Waals surface area contributed by atoms with Gasteiger partial charge in [-0.2, -0.15) is 10.3 Å². The number of carbonyl (C=O) groups is 4. The average molecular weight is 515 g/mol. The van der Waals surface area contributed by atoms with Gasteiger partial charge in [-0.25, -0.2) is 4.79 Å². The van der Waals surface area contributed by atoms with Gasteiger partial charge >= 0.3 is 6.09 Å². The molecule has 0 aliphatic rings. The number of amides is 4. The Morgan fingerprint density at radius 3 is 2.33 bits per heavy atom. The molecule has 15 heteroatoms. The van der Waals surface area contributed by atoms with Crippen molar-refractivity contribution < 1.29 is 33.2 Å². The summed E-state index contributed by atoms with van der Waals surface area (Å²) in [5, 5.41) is 19.7. The van der Waals surface area contributed by atoms with Crippen LogP contribution >= 0.6 is 0 Å². The number of unbranched alkanes of at least 4 members (excludes halogenated alkanes) is 1. The molecule has 1 aromatic rings. The minimum absolute atomic E-state index is 0.0851. The van der Waals surface area contributed by atoms with Crippen LogP contribution < -0.4 is 21.4 Å². The van der Waals surface area contributed by atoms with Gasteiger partial charge < -0.3 is 25.2 Å². The van der Waals surface area contributed by atoms with Gasteiger partial charge in [-0.1, -0.05) is 0 Å². The van der Waals surface area contributed by atoms with Gasteiger partial charge in [0.05, 0.1) is 34.7 Å². The van der Waals surface area contributed by atoms with Crippen molar-refractivity contribution in [2.45, 2.75) is 58.2 Å². The molecule has 1 rings (SSSR count). The second kappa shape index (κ2) is 14.3. The minimum atomic E-state index is -0.790. The lowest BCUT2D eigenvalue weighted by molar-refractivity contribution is -0.862. The second-order valence-corrected chi connectivity index (χ2v) is 10.2. The highest BCUT2D eigenvalue weighted by molar-refractivity contribution is 5.87. The Kier molecular flexibility index (Phi) is 12.2. The van der Waals surface area contributed by atoms with Crippen LogP contribution in [0.1, 0.15) is 45.9 Å². The summed E-state index contributed by atoms with van der Waals surface area (Å²) in [6.07, 6.45) is 0.701. The third-order valence-electron chi connectivity index (χ3n) is 4.24. The fourth-order valence-electron chi connectivity index (χ4n) is 2.83. The smallest absolute Gasteiger partial charge is 0.431 e. The molecule has 204 valence electrons. The number of hydrogen-bond acceptors (Lipinski definition) is 9. The minimum Gasteiger partial charge on any atom is -0.442 e. The zero-order chi connectivity index (χ0) is 27.4. The van der Waals surface area contributed by atoms with Gasteiger partial charge in [-0.15, -0.1) is 10.2 Å². The van der Waals surface area contributed by atoms with E-state index in [1.54, 1.807) is 27.8 Å². The zero-order valence-electron chi connectivity index (χ0n) is 22.2. The van der Waals surface area contributed by atoms with Crippen LogP contribution in [0.15, 0.2) is 0 Å². The molecule has 1 aromatic heterocycles. The lowest BCUT2D eigenvalue weighted by atomic mass is 10.1. The van der Waals surface area contributed by atoms with Gasteiger partial charge in [-0.05, 0) is 45.2 Å². The summed E-state index contributed by atoms with van der Waals surface area (Å²) in [6.45, 7) is 5.37. The standard InChI is InChI=1S/C21H39N9O6/c1-21(2,3)36-20(34)27-35-14-18(32)22-11-9-8-10-15(24-17(31)13-30(5,6)7)19(33)23-12-16-25-28-29(4)26-16/h15H,8-14H2,1-7H3,(H3-,22,23,24,27,31,32,33,34)/p+1/t15-/m0/s1. The summed E-state index contributed by atoms with van der Waals surface area (Å²) in [6, 6.07) is -0.752. The fourth-order valence-corrected chi connectivity index (χ4v) is 2.83. The van der Waals surface area contributed by atoms with Gasteiger partial charge in [-0.3, -0.25) is 19.2 Å². The topological polar surface area (TPSA) is 178 Å². The number of aryl methyl sites for hydroxylation is 1. The first-order chi connectivity index (χ1) is 16.6. The van der Waals surface area contributed by atoms with E-state index in [1.165, 1.54) is 4.80 Å². The fraction of sp³-hybridized carbons (Fsp3) is 0.762. The van der Waals surface area contributed by atoms with E-state index in [9.17, 15) is 19.2 Å². The van der Waals surface area contributed by atoms with Crippen LogP contribution in [-0.4, -0.2) is 101 Å². The Bertz CT molecular complexity index is 876. The molecule has 0 unspecified atom stereocenters. The normalized spacial score (nSPS) is 12.4. The first-order valence-electron chi connectivity index (χ1n) is 11.6. The molecule has 36 heavy (non-hydrogen) atoms. The first kappa shape index (κ1) is 30.7. The summed E-state index contributed by atoms with van der Waals surface area (Å²) in [4.78, 5) is 54.5. The summed E-state index contributed by atoms with van der Waals surface area (Å²) in [7, 11) is 7.26. The number of tetrazole rings is 1. The number of carbonyl (C=O) groups excluding carboxylic acids is 4. The lowest BCUT2D eigenvalue weighted by Crippen LogP contribution is -2.51. The zero-order valence-corrected chi connectivity index (χ0v) is 22.2. The Morgan fingerprint density at radius 1 is 1.06 bits per heavy atom. The molecule has 1 atom stereocenters. The molecule has 0 saturated heterocycles. The number of ether oxygens (including phenoxy) is 1. The van der Waals surface area contributed by atoms with Crippen molar-refractivity contribution in [3.8, 4) is 0 Å². The predicted molar refractivity (Wildman–Crippen MR) is 128 cm³/mol. The summed E-state index contributed by atoms with van der Waals surface area (Å²) >= 11 is 0. The van der Waals surface area contributed by atoms with Crippen molar-refractivity contribution in [1.82, 2.24) is 41.6 Å². The van der Waals surface area contributed by atoms with Crippen LogP contribution in [0, 0.1) is 0 Å². The molecule has 0 radical (unpaired) electrons. The highest BCUT2D eigenvalue weighted by Gasteiger charge is 2.24. The Labute approximate surface area is 211 Å². The molecule has 0 fully saturated rings. The van der Waals surface area contributed by atoms with E-state index >= 15 is 0 Å². The Balaban J connectivity index is 2.42. The number of hydrogen-bond donors (Lipinski definition) is 4. The van der Waals surface area contributed by atoms with Gasteiger partial charge in [0.15, 0.2) is 19.0 Å². The molecule has 15 nitrogen and oxygen atoms in total.